The molecule has 0 aromatic heterocycles. The fourth-order valence-electron chi connectivity index (χ4n) is 7.21. The van der Waals surface area contributed by atoms with Crippen molar-refractivity contribution in [3.05, 3.63) is 69.4 Å². The van der Waals surface area contributed by atoms with Gasteiger partial charge in [0, 0.05) is 45.5 Å². The van der Waals surface area contributed by atoms with Crippen LogP contribution in [0.1, 0.15) is 41.2 Å². The molecule has 2 aromatic carbocycles. The number of oxime groups is 1. The van der Waals surface area contributed by atoms with Crippen LogP contribution in [0.25, 0.3) is 0 Å². The molecule has 1 fully saturated rings. The number of piperidine rings is 1. The molecule has 2 heterocycles. The molecule has 0 amide bonds. The topological polar surface area (TPSA) is 107 Å². The minimum atomic E-state index is -0.870. The molecule has 1 N–H and O–H groups in total. The fourth-order valence-corrected chi connectivity index (χ4v) is 7.34. The van der Waals surface area contributed by atoms with Crippen molar-refractivity contribution in [2.75, 3.05) is 34.9 Å². The summed E-state index contributed by atoms with van der Waals surface area (Å²) in [5.41, 5.74) is 2.67. The second kappa shape index (κ2) is 9.82. The van der Waals surface area contributed by atoms with Crippen molar-refractivity contribution < 1.29 is 33.7 Å². The van der Waals surface area contributed by atoms with Crippen LogP contribution in [0.3, 0.4) is 0 Å². The fraction of sp³-hybridized carbons (Fsp3) is 0.433. The molecule has 9 nitrogen and oxygen atoms in total. The largest absolute Gasteiger partial charge is 0.504 e. The van der Waals surface area contributed by atoms with E-state index in [0.717, 1.165) is 12.1 Å². The van der Waals surface area contributed by atoms with E-state index in [1.165, 1.54) is 21.3 Å². The second-order valence-electron chi connectivity index (χ2n) is 10.9. The summed E-state index contributed by atoms with van der Waals surface area (Å²) >= 11 is 6.10. The number of ether oxygens (including phenoxy) is 3. The lowest BCUT2D eigenvalue weighted by Gasteiger charge is -2.57. The van der Waals surface area contributed by atoms with E-state index < -0.39 is 23.4 Å². The number of carbonyl (C=O) groups is 2. The van der Waals surface area contributed by atoms with E-state index in [1.807, 2.05) is 6.08 Å². The molecule has 2 aliphatic carbocycles. The monoisotopic (exact) mass is 566 g/mol. The Balaban J connectivity index is 1.55. The highest BCUT2D eigenvalue weighted by Gasteiger charge is 2.58. The number of likely N-dealkylation sites (tertiary alicyclic amines) is 1. The zero-order valence-electron chi connectivity index (χ0n) is 22.8. The number of Topliss-reactive ketones (excluding diaryl/α,β-unsaturated/α-hetero) is 1. The van der Waals surface area contributed by atoms with Crippen LogP contribution in [0, 0.1) is 11.8 Å². The van der Waals surface area contributed by atoms with Gasteiger partial charge in [-0.25, -0.2) is 0 Å². The highest BCUT2D eigenvalue weighted by atomic mass is 35.5. The average Bonchev–Trinajstić information content (AvgIpc) is 3.39. The maximum absolute atomic E-state index is 13.3. The normalized spacial score (nSPS) is 29.0. The summed E-state index contributed by atoms with van der Waals surface area (Å²) in [5.74, 6) is -0.899. The Labute approximate surface area is 237 Å². The van der Waals surface area contributed by atoms with E-state index in [-0.39, 0.29) is 35.7 Å². The van der Waals surface area contributed by atoms with Gasteiger partial charge in [-0.1, -0.05) is 28.9 Å². The van der Waals surface area contributed by atoms with Crippen molar-refractivity contribution >= 4 is 29.1 Å². The number of esters is 1. The average molecular weight is 567 g/mol. The van der Waals surface area contributed by atoms with Gasteiger partial charge in [-0.2, -0.15) is 0 Å². The standard InChI is InChI=1S/C30H31ClN2O7/c1-33-10-9-30-14-21(34)22(37-2)13-19(30)20(33)11-17-18(12-23(38-3)27(35)25(17)30)28-24(29(36)39-4)26(32-40-28)15-5-7-16(31)8-6-15/h5-8,12-13,19-20,24,28,35H,9-11,14H2,1-4H3/t19-,20+,24+,28-,30-/m0/s1. The summed E-state index contributed by atoms with van der Waals surface area (Å²) in [6, 6.07) is 8.79. The minimum Gasteiger partial charge on any atom is -0.504 e. The quantitative estimate of drug-likeness (QED) is 0.543. The first-order chi connectivity index (χ1) is 19.2. The van der Waals surface area contributed by atoms with Crippen LogP contribution in [0.4, 0.5) is 0 Å². The van der Waals surface area contributed by atoms with Crippen molar-refractivity contribution in [2.45, 2.75) is 36.8 Å². The van der Waals surface area contributed by atoms with Gasteiger partial charge in [-0.3, -0.25) is 9.59 Å². The van der Waals surface area contributed by atoms with Gasteiger partial charge in [-0.05, 0) is 56.3 Å². The molecule has 210 valence electrons. The first kappa shape index (κ1) is 26.7. The van der Waals surface area contributed by atoms with E-state index in [4.69, 9.17) is 30.6 Å². The van der Waals surface area contributed by atoms with E-state index in [9.17, 15) is 14.7 Å². The first-order valence-electron chi connectivity index (χ1n) is 13.2. The summed E-state index contributed by atoms with van der Waals surface area (Å²) in [4.78, 5) is 34.8. The van der Waals surface area contributed by atoms with Gasteiger partial charge in [0.05, 0.1) is 21.3 Å². The Morgan fingerprint density at radius 2 is 1.95 bits per heavy atom. The number of benzene rings is 2. The lowest BCUT2D eigenvalue weighted by molar-refractivity contribution is -0.146. The molecule has 6 rings (SSSR count). The number of carbonyl (C=O) groups excluding carboxylic acids is 2. The molecule has 4 aliphatic rings. The molecule has 0 spiro atoms. The molecule has 5 atom stereocenters. The number of halogens is 1. The number of hydrogen-bond acceptors (Lipinski definition) is 9. The molecule has 1 saturated heterocycles. The van der Waals surface area contributed by atoms with Crippen LogP contribution in [0.15, 0.2) is 47.3 Å². The highest BCUT2D eigenvalue weighted by molar-refractivity contribution is 6.30. The second-order valence-corrected chi connectivity index (χ2v) is 11.3. The third kappa shape index (κ3) is 3.82. The molecule has 2 bridgehead atoms. The zero-order valence-corrected chi connectivity index (χ0v) is 23.5. The van der Waals surface area contributed by atoms with Gasteiger partial charge in [0.25, 0.3) is 0 Å². The van der Waals surface area contributed by atoms with Crippen molar-refractivity contribution in [1.82, 2.24) is 4.90 Å². The number of phenols is 1. The molecule has 10 heteroatoms. The van der Waals surface area contributed by atoms with Crippen molar-refractivity contribution in [3.63, 3.8) is 0 Å². The van der Waals surface area contributed by atoms with Crippen LogP contribution >= 0.6 is 11.6 Å². The van der Waals surface area contributed by atoms with Gasteiger partial charge >= 0.3 is 5.97 Å². The van der Waals surface area contributed by atoms with Gasteiger partial charge in [0.2, 0.25) is 0 Å². The summed E-state index contributed by atoms with van der Waals surface area (Å²) < 4.78 is 16.3. The van der Waals surface area contributed by atoms with E-state index in [1.54, 1.807) is 30.3 Å². The predicted octanol–water partition coefficient (Wildman–Crippen LogP) is 3.94. The molecule has 0 saturated carbocycles. The third-order valence-electron chi connectivity index (χ3n) is 9.13. The minimum absolute atomic E-state index is 0.0165. The number of methoxy groups -OCH3 is 3. The number of nitrogens with zero attached hydrogens (tertiary/aromatic N) is 2. The van der Waals surface area contributed by atoms with Crippen molar-refractivity contribution in [2.24, 2.45) is 17.0 Å². The Morgan fingerprint density at radius 3 is 2.62 bits per heavy atom. The Kier molecular flexibility index (Phi) is 6.54. The van der Waals surface area contributed by atoms with Crippen LogP contribution in [-0.2, 0) is 35.7 Å². The highest BCUT2D eigenvalue weighted by Crippen LogP contribution is 2.59. The number of allylic oxidation sites excluding steroid dienone is 1. The summed E-state index contributed by atoms with van der Waals surface area (Å²) in [6.45, 7) is 0.768. The maximum Gasteiger partial charge on any atom is 0.319 e. The van der Waals surface area contributed by atoms with Crippen LogP contribution in [0.2, 0.25) is 5.02 Å². The number of fused-ring (bicyclic) bond motifs is 1. The van der Waals surface area contributed by atoms with E-state index >= 15 is 0 Å². The van der Waals surface area contributed by atoms with Gasteiger partial charge < -0.3 is 29.1 Å². The van der Waals surface area contributed by atoms with Crippen LogP contribution in [-0.4, -0.2) is 68.4 Å². The van der Waals surface area contributed by atoms with E-state index in [2.05, 4.69) is 17.1 Å². The zero-order chi connectivity index (χ0) is 28.3. The molecule has 0 radical (unpaired) electrons. The lowest BCUT2D eigenvalue weighted by atomic mass is 9.53. The van der Waals surface area contributed by atoms with Gasteiger partial charge in [0.15, 0.2) is 29.1 Å². The third-order valence-corrected chi connectivity index (χ3v) is 9.38. The smallest absolute Gasteiger partial charge is 0.319 e. The lowest BCUT2D eigenvalue weighted by Crippen LogP contribution is -2.60. The molecular formula is C30H31ClN2O7. The SMILES string of the molecule is COC(=O)[C@@H]1C(c2ccc(Cl)cc2)=NO[C@H]1c1cc(OC)c(O)c2c1C[C@@H]1[C@@H]3C=C(OC)C(=O)C[C@]23CCN1C. The summed E-state index contributed by atoms with van der Waals surface area (Å²) in [5, 5.41) is 16.5. The molecule has 0 unspecified atom stereocenters. The molecule has 2 aliphatic heterocycles. The summed E-state index contributed by atoms with van der Waals surface area (Å²) in [6.07, 6.45) is 2.53. The van der Waals surface area contributed by atoms with Gasteiger partial charge in [0.1, 0.15) is 11.6 Å². The maximum atomic E-state index is 13.3. The molecule has 40 heavy (non-hydrogen) atoms. The Morgan fingerprint density at radius 1 is 1.20 bits per heavy atom. The number of rotatable bonds is 5. The van der Waals surface area contributed by atoms with Crippen molar-refractivity contribution in [1.29, 1.82) is 0 Å². The predicted molar refractivity (Wildman–Crippen MR) is 147 cm³/mol. The Hall–Kier alpha value is -3.56. The number of phenolic OH excluding ortho intramolecular Hbond substituents is 1. The van der Waals surface area contributed by atoms with Gasteiger partial charge in [-0.15, -0.1) is 0 Å². The number of aromatic hydroxyl groups is 1. The number of hydrogen-bond donors (Lipinski definition) is 1. The Bertz CT molecular complexity index is 1450. The van der Waals surface area contributed by atoms with Crippen molar-refractivity contribution in [3.8, 4) is 11.5 Å². The number of likely N-dealkylation sites (N-methyl/N-ethyl adjacent to an activating group) is 1. The first-order valence-corrected chi connectivity index (χ1v) is 13.6. The van der Waals surface area contributed by atoms with E-state index in [0.29, 0.717) is 46.0 Å². The summed E-state index contributed by atoms with van der Waals surface area (Å²) in [7, 11) is 6.41. The molecular weight excluding hydrogens is 536 g/mol. The van der Waals surface area contributed by atoms with Crippen LogP contribution in [0.5, 0.6) is 11.5 Å². The van der Waals surface area contributed by atoms with Crippen LogP contribution < -0.4 is 4.74 Å². The molecule has 2 aromatic rings. The number of ketones is 1.